The molecule has 0 radical (unpaired) electrons. The Balaban J connectivity index is 1.75. The number of halogens is 2. The van der Waals surface area contributed by atoms with Crippen LogP contribution in [0.5, 0.6) is 0 Å². The lowest BCUT2D eigenvalue weighted by Crippen LogP contribution is -1.92. The quantitative estimate of drug-likeness (QED) is 0.208. The number of nitriles is 1. The summed E-state index contributed by atoms with van der Waals surface area (Å²) in [5.74, 6) is 0. The maximum absolute atomic E-state index is 11.4. The van der Waals surface area contributed by atoms with Crippen molar-refractivity contribution in [3.8, 4) is 11.8 Å². The van der Waals surface area contributed by atoms with Crippen molar-refractivity contribution in [2.24, 2.45) is 0 Å². The van der Waals surface area contributed by atoms with Crippen LogP contribution in [0.3, 0.4) is 0 Å². The van der Waals surface area contributed by atoms with Crippen LogP contribution in [0.25, 0.3) is 28.2 Å². The summed E-state index contributed by atoms with van der Waals surface area (Å²) in [4.78, 5) is 11.4. The van der Waals surface area contributed by atoms with Gasteiger partial charge in [0.2, 0.25) is 0 Å². The number of para-hydroxylation sites is 1. The minimum Gasteiger partial charge on any atom is -0.316 e. The molecule has 0 saturated heterocycles. The van der Waals surface area contributed by atoms with Crippen LogP contribution >= 0.6 is 23.2 Å². The van der Waals surface area contributed by atoms with Gasteiger partial charge in [-0.1, -0.05) is 59.6 Å². The Bertz CT molecular complexity index is 1270. The molecule has 0 N–H and O–H groups in total. The maximum Gasteiger partial charge on any atom is 0.152 e. The van der Waals surface area contributed by atoms with Crippen LogP contribution in [0.15, 0.2) is 72.9 Å². The molecule has 4 rings (SSSR count). The van der Waals surface area contributed by atoms with Gasteiger partial charge in [-0.25, -0.2) is 0 Å². The van der Waals surface area contributed by atoms with Gasteiger partial charge < -0.3 is 4.57 Å². The fraction of sp³-hybridized carbons (Fsp3) is 0. The van der Waals surface area contributed by atoms with Crippen LogP contribution in [0.2, 0.25) is 10.0 Å². The van der Waals surface area contributed by atoms with Crippen molar-refractivity contribution in [3.63, 3.8) is 0 Å². The van der Waals surface area contributed by atoms with Gasteiger partial charge in [0.05, 0.1) is 27.2 Å². The molecule has 0 bridgehead atoms. The van der Waals surface area contributed by atoms with Gasteiger partial charge in [-0.2, -0.15) is 5.26 Å². The summed E-state index contributed by atoms with van der Waals surface area (Å²) in [6.07, 6.45) is 4.44. The molecule has 1 heterocycles. The molecule has 3 aromatic carbocycles. The van der Waals surface area contributed by atoms with E-state index in [0.717, 1.165) is 28.4 Å². The van der Waals surface area contributed by atoms with Gasteiger partial charge in [0.25, 0.3) is 0 Å². The van der Waals surface area contributed by atoms with E-state index in [1.807, 2.05) is 59.3 Å². The predicted molar refractivity (Wildman–Crippen MR) is 119 cm³/mol. The number of allylic oxidation sites excluding steroid dienone is 1. The van der Waals surface area contributed by atoms with Gasteiger partial charge >= 0.3 is 0 Å². The zero-order valence-corrected chi connectivity index (χ0v) is 16.7. The van der Waals surface area contributed by atoms with Crippen molar-refractivity contribution in [1.82, 2.24) is 4.57 Å². The average molecular weight is 417 g/mol. The Kier molecular flexibility index (Phi) is 5.22. The SMILES string of the molecule is N#C/C(=C\c1ccc(-n2cc(C=O)c3ccccc32)cc1)c1c(Cl)cccc1Cl. The largest absolute Gasteiger partial charge is 0.316 e. The molecule has 0 atom stereocenters. The Morgan fingerprint density at radius 2 is 1.62 bits per heavy atom. The molecule has 5 heteroatoms. The van der Waals surface area contributed by atoms with E-state index in [-0.39, 0.29) is 0 Å². The third-order valence-electron chi connectivity index (χ3n) is 4.70. The molecule has 0 unspecified atom stereocenters. The number of rotatable bonds is 4. The number of hydrogen-bond acceptors (Lipinski definition) is 2. The fourth-order valence-corrected chi connectivity index (χ4v) is 3.93. The van der Waals surface area contributed by atoms with Gasteiger partial charge in [-0.3, -0.25) is 4.79 Å². The molecule has 0 aliphatic rings. The van der Waals surface area contributed by atoms with E-state index in [1.165, 1.54) is 0 Å². The highest BCUT2D eigenvalue weighted by Crippen LogP contribution is 2.32. The Labute approximate surface area is 178 Å². The summed E-state index contributed by atoms with van der Waals surface area (Å²) in [5.41, 5.74) is 4.27. The number of aromatic nitrogens is 1. The minimum absolute atomic E-state index is 0.392. The van der Waals surface area contributed by atoms with Crippen LogP contribution in [0, 0.1) is 11.3 Å². The minimum atomic E-state index is 0.392. The first-order chi connectivity index (χ1) is 14.1. The van der Waals surface area contributed by atoms with E-state index in [2.05, 4.69) is 6.07 Å². The average Bonchev–Trinajstić information content (AvgIpc) is 3.12. The second kappa shape index (κ2) is 7.97. The van der Waals surface area contributed by atoms with Crippen LogP contribution < -0.4 is 0 Å². The van der Waals surface area contributed by atoms with Crippen molar-refractivity contribution in [3.05, 3.63) is 99.7 Å². The molecule has 0 spiro atoms. The molecule has 0 aliphatic carbocycles. The van der Waals surface area contributed by atoms with E-state index < -0.39 is 0 Å². The summed E-state index contributed by atoms with van der Waals surface area (Å²) >= 11 is 12.5. The molecule has 4 aromatic rings. The Morgan fingerprint density at radius 1 is 0.931 bits per heavy atom. The lowest BCUT2D eigenvalue weighted by Gasteiger charge is -2.07. The van der Waals surface area contributed by atoms with Crippen LogP contribution in [0.4, 0.5) is 0 Å². The lowest BCUT2D eigenvalue weighted by molar-refractivity contribution is 0.112. The first kappa shape index (κ1) is 19.0. The number of carbonyl (C=O) groups is 1. The molecule has 1 aromatic heterocycles. The van der Waals surface area contributed by atoms with Crippen molar-refractivity contribution >= 4 is 52.0 Å². The molecular weight excluding hydrogens is 403 g/mol. The van der Waals surface area contributed by atoms with E-state index in [4.69, 9.17) is 23.2 Å². The van der Waals surface area contributed by atoms with E-state index >= 15 is 0 Å². The van der Waals surface area contributed by atoms with Crippen molar-refractivity contribution in [2.45, 2.75) is 0 Å². The van der Waals surface area contributed by atoms with Gasteiger partial charge in [0, 0.05) is 28.4 Å². The van der Waals surface area contributed by atoms with Gasteiger partial charge in [-0.15, -0.1) is 0 Å². The first-order valence-electron chi connectivity index (χ1n) is 8.84. The summed E-state index contributed by atoms with van der Waals surface area (Å²) in [5, 5.41) is 11.4. The highest BCUT2D eigenvalue weighted by molar-refractivity contribution is 6.38. The smallest absolute Gasteiger partial charge is 0.152 e. The molecule has 29 heavy (non-hydrogen) atoms. The van der Waals surface area contributed by atoms with Crippen molar-refractivity contribution in [2.75, 3.05) is 0 Å². The number of fused-ring (bicyclic) bond motifs is 1. The van der Waals surface area contributed by atoms with Crippen LogP contribution in [-0.2, 0) is 0 Å². The van der Waals surface area contributed by atoms with Gasteiger partial charge in [-0.05, 0) is 42.0 Å². The summed E-state index contributed by atoms with van der Waals surface area (Å²) in [6, 6.07) is 22.8. The molecule has 0 saturated carbocycles. The molecule has 0 fully saturated rings. The Morgan fingerprint density at radius 3 is 2.28 bits per heavy atom. The highest BCUT2D eigenvalue weighted by atomic mass is 35.5. The molecular formula is C24H14Cl2N2O. The van der Waals surface area contributed by atoms with Gasteiger partial charge in [0.1, 0.15) is 0 Å². The topological polar surface area (TPSA) is 45.8 Å². The van der Waals surface area contributed by atoms with E-state index in [1.54, 1.807) is 24.3 Å². The summed E-state index contributed by atoms with van der Waals surface area (Å²) in [7, 11) is 0. The second-order valence-electron chi connectivity index (χ2n) is 6.45. The van der Waals surface area contributed by atoms with Crippen LogP contribution in [-0.4, -0.2) is 10.9 Å². The van der Waals surface area contributed by atoms with Crippen molar-refractivity contribution < 1.29 is 4.79 Å². The number of benzene rings is 3. The van der Waals surface area contributed by atoms with Crippen LogP contribution in [0.1, 0.15) is 21.5 Å². The standard InChI is InChI=1S/C24H14Cl2N2O/c25-21-5-3-6-22(26)24(21)17(13-27)12-16-8-10-19(11-9-16)28-14-18(15-29)20-4-1-2-7-23(20)28/h1-12,14-15H/b17-12+. The van der Waals surface area contributed by atoms with E-state index in [0.29, 0.717) is 26.7 Å². The van der Waals surface area contributed by atoms with E-state index in [9.17, 15) is 10.1 Å². The number of nitrogens with zero attached hydrogens (tertiary/aromatic N) is 2. The monoisotopic (exact) mass is 416 g/mol. The zero-order valence-electron chi connectivity index (χ0n) is 15.1. The molecule has 3 nitrogen and oxygen atoms in total. The maximum atomic E-state index is 11.4. The second-order valence-corrected chi connectivity index (χ2v) is 7.26. The predicted octanol–water partition coefficient (Wildman–Crippen LogP) is 6.81. The highest BCUT2D eigenvalue weighted by Gasteiger charge is 2.12. The molecule has 0 amide bonds. The molecule has 140 valence electrons. The molecule has 0 aliphatic heterocycles. The zero-order chi connectivity index (χ0) is 20.4. The third kappa shape index (κ3) is 3.56. The first-order valence-corrected chi connectivity index (χ1v) is 9.60. The third-order valence-corrected chi connectivity index (χ3v) is 5.33. The van der Waals surface area contributed by atoms with Gasteiger partial charge in [0.15, 0.2) is 6.29 Å². The summed E-state index contributed by atoms with van der Waals surface area (Å²) in [6.45, 7) is 0. The normalized spacial score (nSPS) is 11.4. The van der Waals surface area contributed by atoms with Crippen molar-refractivity contribution in [1.29, 1.82) is 5.26 Å². The number of hydrogen-bond donors (Lipinski definition) is 0. The Hall–Kier alpha value is -3.32. The number of aldehydes is 1. The number of carbonyl (C=O) groups excluding carboxylic acids is 1. The lowest BCUT2D eigenvalue weighted by atomic mass is 10.0. The fourth-order valence-electron chi connectivity index (χ4n) is 3.33. The summed E-state index contributed by atoms with van der Waals surface area (Å²) < 4.78 is 1.97.